The number of rotatable bonds is 9. The minimum absolute atomic E-state index is 0.0995. The molecule has 0 saturated heterocycles. The average molecular weight is 335 g/mol. The van der Waals surface area contributed by atoms with Crippen LogP contribution in [0.5, 0.6) is 0 Å². The summed E-state index contributed by atoms with van der Waals surface area (Å²) in [5.74, 6) is 0. The molecule has 1 aromatic rings. The van der Waals surface area contributed by atoms with Crippen molar-refractivity contribution in [1.29, 1.82) is 0 Å². The second kappa shape index (κ2) is 8.81. The van der Waals surface area contributed by atoms with E-state index in [9.17, 15) is 0 Å². The Kier molecular flexibility index (Phi) is 7.72. The molecule has 0 aliphatic carbocycles. The zero-order valence-electron chi connectivity index (χ0n) is 15.9. The van der Waals surface area contributed by atoms with E-state index >= 15 is 0 Å². The molecule has 0 amide bonds. The Morgan fingerprint density at radius 1 is 0.913 bits per heavy atom. The first-order valence-electron chi connectivity index (χ1n) is 8.69. The summed E-state index contributed by atoms with van der Waals surface area (Å²) in [5, 5.41) is 0. The SMILES string of the molecule is C=C[C@H](OC)[C@@H](O[Si](C(C)C)(C(C)C)C(C)C)c1ccccc1. The third-order valence-electron chi connectivity index (χ3n) is 4.97. The van der Waals surface area contributed by atoms with Crippen LogP contribution in [0, 0.1) is 0 Å². The summed E-state index contributed by atoms with van der Waals surface area (Å²) in [5.41, 5.74) is 2.78. The van der Waals surface area contributed by atoms with Crippen LogP contribution in [0.2, 0.25) is 16.6 Å². The molecule has 0 bridgehead atoms. The van der Waals surface area contributed by atoms with Gasteiger partial charge in [-0.3, -0.25) is 0 Å². The average Bonchev–Trinajstić information content (AvgIpc) is 2.51. The number of methoxy groups -OCH3 is 1. The zero-order valence-corrected chi connectivity index (χ0v) is 16.9. The molecule has 0 aromatic heterocycles. The van der Waals surface area contributed by atoms with Crippen LogP contribution in [0.1, 0.15) is 53.2 Å². The summed E-state index contributed by atoms with van der Waals surface area (Å²) in [6, 6.07) is 10.4. The van der Waals surface area contributed by atoms with E-state index in [-0.39, 0.29) is 12.2 Å². The molecule has 23 heavy (non-hydrogen) atoms. The first-order chi connectivity index (χ1) is 10.8. The largest absolute Gasteiger partial charge is 0.406 e. The maximum absolute atomic E-state index is 7.00. The predicted molar refractivity (Wildman–Crippen MR) is 102 cm³/mol. The first-order valence-corrected chi connectivity index (χ1v) is 10.8. The Labute approximate surface area is 144 Å². The fourth-order valence-electron chi connectivity index (χ4n) is 3.94. The smallest absolute Gasteiger partial charge is 0.201 e. The number of hydrogen-bond donors (Lipinski definition) is 0. The van der Waals surface area contributed by atoms with E-state index in [2.05, 4.69) is 72.4 Å². The summed E-state index contributed by atoms with van der Waals surface area (Å²) in [4.78, 5) is 0. The summed E-state index contributed by atoms with van der Waals surface area (Å²) < 4.78 is 12.7. The molecule has 130 valence electrons. The molecule has 0 fully saturated rings. The molecule has 3 heteroatoms. The van der Waals surface area contributed by atoms with Crippen molar-refractivity contribution in [3.05, 3.63) is 48.6 Å². The van der Waals surface area contributed by atoms with Gasteiger partial charge in [-0.05, 0) is 22.2 Å². The van der Waals surface area contributed by atoms with Gasteiger partial charge in [0.15, 0.2) is 0 Å². The van der Waals surface area contributed by atoms with E-state index in [1.807, 2.05) is 12.1 Å². The fourth-order valence-corrected chi connectivity index (χ4v) is 9.47. The van der Waals surface area contributed by atoms with Crippen molar-refractivity contribution in [3.8, 4) is 0 Å². The van der Waals surface area contributed by atoms with Gasteiger partial charge in [0.1, 0.15) is 12.2 Å². The lowest BCUT2D eigenvalue weighted by Gasteiger charge is -2.45. The molecule has 0 unspecified atom stereocenters. The van der Waals surface area contributed by atoms with Gasteiger partial charge in [0.25, 0.3) is 0 Å². The maximum atomic E-state index is 7.00. The Bertz CT molecular complexity index is 446. The fraction of sp³-hybridized carbons (Fsp3) is 0.600. The lowest BCUT2D eigenvalue weighted by atomic mass is 10.0. The van der Waals surface area contributed by atoms with Crippen molar-refractivity contribution in [2.75, 3.05) is 7.11 Å². The topological polar surface area (TPSA) is 18.5 Å². The third kappa shape index (κ3) is 4.34. The zero-order chi connectivity index (χ0) is 17.6. The van der Waals surface area contributed by atoms with Crippen LogP contribution in [0.4, 0.5) is 0 Å². The van der Waals surface area contributed by atoms with Gasteiger partial charge in [0.05, 0.1) is 0 Å². The molecule has 0 aliphatic heterocycles. The first kappa shape index (κ1) is 20.1. The Balaban J connectivity index is 3.33. The van der Waals surface area contributed by atoms with Crippen molar-refractivity contribution in [2.24, 2.45) is 0 Å². The van der Waals surface area contributed by atoms with Gasteiger partial charge in [-0.1, -0.05) is 78.0 Å². The van der Waals surface area contributed by atoms with Gasteiger partial charge in [0.2, 0.25) is 8.32 Å². The molecule has 1 rings (SSSR count). The predicted octanol–water partition coefficient (Wildman–Crippen LogP) is 6.12. The van der Waals surface area contributed by atoms with Crippen LogP contribution in [-0.2, 0) is 9.16 Å². The Morgan fingerprint density at radius 3 is 1.74 bits per heavy atom. The number of benzene rings is 1. The van der Waals surface area contributed by atoms with Crippen LogP contribution < -0.4 is 0 Å². The normalized spacial score (nSPS) is 15.2. The Morgan fingerprint density at radius 2 is 1.39 bits per heavy atom. The van der Waals surface area contributed by atoms with E-state index in [0.29, 0.717) is 16.6 Å². The summed E-state index contributed by atoms with van der Waals surface area (Å²) in [7, 11) is -0.265. The van der Waals surface area contributed by atoms with Crippen molar-refractivity contribution in [1.82, 2.24) is 0 Å². The molecular weight excluding hydrogens is 300 g/mol. The molecule has 0 heterocycles. The van der Waals surface area contributed by atoms with Crippen molar-refractivity contribution >= 4 is 8.32 Å². The summed E-state index contributed by atoms with van der Waals surface area (Å²) >= 11 is 0. The minimum Gasteiger partial charge on any atom is -0.406 e. The van der Waals surface area contributed by atoms with Gasteiger partial charge >= 0.3 is 0 Å². The molecule has 2 atom stereocenters. The monoisotopic (exact) mass is 334 g/mol. The molecule has 0 saturated carbocycles. The van der Waals surface area contributed by atoms with Crippen LogP contribution in [-0.4, -0.2) is 21.5 Å². The van der Waals surface area contributed by atoms with E-state index in [1.165, 1.54) is 0 Å². The van der Waals surface area contributed by atoms with Gasteiger partial charge in [-0.2, -0.15) is 0 Å². The summed E-state index contributed by atoms with van der Waals surface area (Å²) in [6.45, 7) is 17.8. The highest BCUT2D eigenvalue weighted by Gasteiger charge is 2.47. The molecule has 1 aromatic carbocycles. The minimum atomic E-state index is -2.00. The van der Waals surface area contributed by atoms with E-state index in [0.717, 1.165) is 5.56 Å². The molecule has 0 spiro atoms. The molecule has 0 N–H and O–H groups in total. The van der Waals surface area contributed by atoms with Gasteiger partial charge < -0.3 is 9.16 Å². The van der Waals surface area contributed by atoms with Crippen molar-refractivity contribution in [3.63, 3.8) is 0 Å². The van der Waals surface area contributed by atoms with Crippen LogP contribution >= 0.6 is 0 Å². The third-order valence-corrected chi connectivity index (χ3v) is 11.0. The van der Waals surface area contributed by atoms with Crippen molar-refractivity contribution in [2.45, 2.75) is 70.4 Å². The maximum Gasteiger partial charge on any atom is 0.201 e. The molecular formula is C20H34O2Si. The lowest BCUT2D eigenvalue weighted by molar-refractivity contribution is 0.0210. The molecule has 0 radical (unpaired) electrons. The van der Waals surface area contributed by atoms with Crippen molar-refractivity contribution < 1.29 is 9.16 Å². The highest BCUT2D eigenvalue weighted by Crippen LogP contribution is 2.46. The number of ether oxygens (including phenoxy) is 1. The second-order valence-electron chi connectivity index (χ2n) is 7.20. The quantitative estimate of drug-likeness (QED) is 0.400. The molecule has 2 nitrogen and oxygen atoms in total. The Hall–Kier alpha value is -0.903. The second-order valence-corrected chi connectivity index (χ2v) is 12.6. The van der Waals surface area contributed by atoms with Crippen LogP contribution in [0.15, 0.2) is 43.0 Å². The van der Waals surface area contributed by atoms with Gasteiger partial charge in [-0.15, -0.1) is 6.58 Å². The van der Waals surface area contributed by atoms with Crippen LogP contribution in [0.3, 0.4) is 0 Å². The van der Waals surface area contributed by atoms with E-state index in [4.69, 9.17) is 9.16 Å². The van der Waals surface area contributed by atoms with E-state index in [1.54, 1.807) is 7.11 Å². The standard InChI is InChI=1S/C20H34O2Si/c1-9-19(21-8)20(18-13-11-10-12-14-18)22-23(15(2)3,16(4)5)17(6)7/h9-17,19-20H,1H2,2-8H3/t19-,20-/m0/s1. The lowest BCUT2D eigenvalue weighted by Crippen LogP contribution is -2.50. The highest BCUT2D eigenvalue weighted by molar-refractivity contribution is 6.77. The van der Waals surface area contributed by atoms with Gasteiger partial charge in [0, 0.05) is 7.11 Å². The highest BCUT2D eigenvalue weighted by atomic mass is 28.4. The van der Waals surface area contributed by atoms with Crippen LogP contribution in [0.25, 0.3) is 0 Å². The van der Waals surface area contributed by atoms with Gasteiger partial charge in [-0.25, -0.2) is 0 Å². The van der Waals surface area contributed by atoms with E-state index < -0.39 is 8.32 Å². The molecule has 0 aliphatic rings. The summed E-state index contributed by atoms with van der Waals surface area (Å²) in [6.07, 6.45) is 1.62. The number of hydrogen-bond acceptors (Lipinski definition) is 2.